The van der Waals surface area contributed by atoms with E-state index in [0.717, 1.165) is 20.8 Å². The third-order valence-electron chi connectivity index (χ3n) is 2.12. The molecule has 7 heteroatoms. The first kappa shape index (κ1) is 17.1. The summed E-state index contributed by atoms with van der Waals surface area (Å²) < 4.78 is 0. The first-order valence-electron chi connectivity index (χ1n) is 3.99. The van der Waals surface area contributed by atoms with E-state index in [4.69, 9.17) is 5.11 Å². The summed E-state index contributed by atoms with van der Waals surface area (Å²) in [6.45, 7) is 2.51. The van der Waals surface area contributed by atoms with Crippen molar-refractivity contribution in [3.05, 3.63) is 0 Å². The number of Topliss-reactive ketones (excluding diaryl/α,β-unsaturated/α-hetero) is 4. The number of rotatable bonds is 5. The molecule has 0 aliphatic rings. The standard InChI is InChI=1S/C9H10O6.Co/c1-4(10)9(5(2)11,6(3)12)7(13)8(14)15;/h1-3H3,(H,14,15);. The summed E-state index contributed by atoms with van der Waals surface area (Å²) >= 11 is 0. The van der Waals surface area contributed by atoms with Gasteiger partial charge in [0.15, 0.2) is 17.3 Å². The van der Waals surface area contributed by atoms with Crippen LogP contribution in [0.15, 0.2) is 0 Å². The van der Waals surface area contributed by atoms with Crippen LogP contribution in [-0.2, 0) is 40.8 Å². The van der Waals surface area contributed by atoms with Crippen molar-refractivity contribution in [1.82, 2.24) is 0 Å². The normalized spacial score (nSPS) is 9.94. The van der Waals surface area contributed by atoms with E-state index >= 15 is 0 Å². The van der Waals surface area contributed by atoms with Gasteiger partial charge in [0.25, 0.3) is 5.78 Å². The second-order valence-corrected chi connectivity index (χ2v) is 3.05. The molecule has 0 aliphatic heterocycles. The Bertz CT molecular complexity index is 334. The van der Waals surface area contributed by atoms with Gasteiger partial charge in [-0.3, -0.25) is 19.2 Å². The average Bonchev–Trinajstić information content (AvgIpc) is 2.02. The molecule has 1 N–H and O–H groups in total. The van der Waals surface area contributed by atoms with Gasteiger partial charge in [0.1, 0.15) is 0 Å². The van der Waals surface area contributed by atoms with Crippen molar-refractivity contribution in [3.8, 4) is 0 Å². The van der Waals surface area contributed by atoms with Crippen LogP contribution >= 0.6 is 0 Å². The van der Waals surface area contributed by atoms with Crippen molar-refractivity contribution in [3.63, 3.8) is 0 Å². The average molecular weight is 273 g/mol. The van der Waals surface area contributed by atoms with Crippen LogP contribution in [0.3, 0.4) is 0 Å². The molecule has 0 atom stereocenters. The number of ketones is 4. The van der Waals surface area contributed by atoms with Crippen LogP contribution in [0.25, 0.3) is 0 Å². The van der Waals surface area contributed by atoms with Crippen LogP contribution in [0, 0.1) is 5.41 Å². The molecule has 0 bridgehead atoms. The van der Waals surface area contributed by atoms with Crippen molar-refractivity contribution in [2.45, 2.75) is 20.8 Å². The summed E-state index contributed by atoms with van der Waals surface area (Å²) in [4.78, 5) is 55.2. The van der Waals surface area contributed by atoms with E-state index in [0.29, 0.717) is 0 Å². The zero-order valence-corrected chi connectivity index (χ0v) is 9.86. The van der Waals surface area contributed by atoms with Crippen LogP contribution in [0.2, 0.25) is 0 Å². The van der Waals surface area contributed by atoms with Crippen molar-refractivity contribution in [2.75, 3.05) is 0 Å². The van der Waals surface area contributed by atoms with Gasteiger partial charge in [0.2, 0.25) is 5.41 Å². The van der Waals surface area contributed by atoms with Gasteiger partial charge in [-0.2, -0.15) is 0 Å². The molecule has 91 valence electrons. The summed E-state index contributed by atoms with van der Waals surface area (Å²) in [5.41, 5.74) is -2.67. The first-order valence-corrected chi connectivity index (χ1v) is 3.99. The molecular formula is C9H10CoO6. The molecule has 0 heterocycles. The fourth-order valence-electron chi connectivity index (χ4n) is 1.38. The fraction of sp³-hybridized carbons (Fsp3) is 0.444. The molecule has 0 spiro atoms. The maximum Gasteiger partial charge on any atom is 0.374 e. The Kier molecular flexibility index (Phi) is 6.04. The molecular weight excluding hydrogens is 263 g/mol. The van der Waals surface area contributed by atoms with Crippen molar-refractivity contribution in [1.29, 1.82) is 0 Å². The van der Waals surface area contributed by atoms with E-state index < -0.39 is 34.5 Å². The molecule has 0 saturated heterocycles. The zero-order valence-electron chi connectivity index (χ0n) is 8.82. The van der Waals surface area contributed by atoms with Crippen LogP contribution in [0.5, 0.6) is 0 Å². The van der Waals surface area contributed by atoms with Crippen molar-refractivity contribution in [2.24, 2.45) is 5.41 Å². The Hall–Kier alpha value is -1.34. The molecule has 1 radical (unpaired) electrons. The molecule has 0 unspecified atom stereocenters. The summed E-state index contributed by atoms with van der Waals surface area (Å²) in [5, 5.41) is 8.46. The monoisotopic (exact) mass is 273 g/mol. The Morgan fingerprint density at radius 1 is 0.812 bits per heavy atom. The molecule has 0 aromatic heterocycles. The number of hydrogen-bond acceptors (Lipinski definition) is 5. The molecule has 0 rings (SSSR count). The zero-order chi connectivity index (χ0) is 12.4. The number of carboxylic acids is 1. The minimum Gasteiger partial charge on any atom is -0.475 e. The van der Waals surface area contributed by atoms with Gasteiger partial charge in [-0.05, 0) is 20.8 Å². The van der Waals surface area contributed by atoms with Crippen molar-refractivity contribution >= 4 is 29.1 Å². The second-order valence-electron chi connectivity index (χ2n) is 3.05. The second kappa shape index (κ2) is 5.66. The fourth-order valence-corrected chi connectivity index (χ4v) is 1.38. The molecule has 0 amide bonds. The SMILES string of the molecule is CC(=O)C(C(C)=O)(C(C)=O)C(=O)C(=O)O.[Co]. The van der Waals surface area contributed by atoms with Gasteiger partial charge in [-0.15, -0.1) is 0 Å². The predicted octanol–water partition coefficient (Wildman–Crippen LogP) is -0.609. The van der Waals surface area contributed by atoms with Gasteiger partial charge in [0, 0.05) is 16.8 Å². The van der Waals surface area contributed by atoms with Crippen LogP contribution in [0.1, 0.15) is 20.8 Å². The molecule has 0 fully saturated rings. The van der Waals surface area contributed by atoms with Crippen LogP contribution in [0.4, 0.5) is 0 Å². The Morgan fingerprint density at radius 3 is 1.12 bits per heavy atom. The van der Waals surface area contributed by atoms with Crippen LogP contribution < -0.4 is 0 Å². The van der Waals surface area contributed by atoms with E-state index in [1.807, 2.05) is 0 Å². The van der Waals surface area contributed by atoms with Crippen molar-refractivity contribution < 1.29 is 45.9 Å². The largest absolute Gasteiger partial charge is 0.475 e. The van der Waals surface area contributed by atoms with E-state index in [1.54, 1.807) is 0 Å². The van der Waals surface area contributed by atoms with Gasteiger partial charge >= 0.3 is 5.97 Å². The van der Waals surface area contributed by atoms with E-state index in [-0.39, 0.29) is 16.8 Å². The van der Waals surface area contributed by atoms with Gasteiger partial charge < -0.3 is 5.11 Å². The number of carbonyl (C=O) groups excluding carboxylic acids is 4. The molecule has 0 aliphatic carbocycles. The van der Waals surface area contributed by atoms with E-state index in [1.165, 1.54) is 0 Å². The maximum absolute atomic E-state index is 11.2. The molecule has 0 saturated carbocycles. The summed E-state index contributed by atoms with van der Waals surface area (Å²) in [6.07, 6.45) is 0. The molecule has 6 nitrogen and oxygen atoms in total. The topological polar surface area (TPSA) is 106 Å². The third kappa shape index (κ3) is 2.42. The maximum atomic E-state index is 11.2. The van der Waals surface area contributed by atoms with Gasteiger partial charge in [0.05, 0.1) is 0 Å². The number of carboxylic acid groups (broad SMARTS) is 1. The Morgan fingerprint density at radius 2 is 1.06 bits per heavy atom. The van der Waals surface area contributed by atoms with Gasteiger partial charge in [-0.1, -0.05) is 0 Å². The quantitative estimate of drug-likeness (QED) is 0.529. The Balaban J connectivity index is 0. The summed E-state index contributed by atoms with van der Waals surface area (Å²) in [6, 6.07) is 0. The minimum absolute atomic E-state index is 0. The predicted molar refractivity (Wildman–Crippen MR) is 47.1 cm³/mol. The number of aliphatic carboxylic acids is 1. The first-order chi connectivity index (χ1) is 6.68. The summed E-state index contributed by atoms with van der Waals surface area (Å²) in [7, 11) is 0. The number of hydrogen-bond donors (Lipinski definition) is 1. The van der Waals surface area contributed by atoms with Crippen LogP contribution in [-0.4, -0.2) is 34.2 Å². The molecule has 0 aromatic carbocycles. The number of carbonyl (C=O) groups is 5. The molecule has 0 aromatic rings. The smallest absolute Gasteiger partial charge is 0.374 e. The summed E-state index contributed by atoms with van der Waals surface area (Å²) in [5.74, 6) is -6.90. The third-order valence-corrected chi connectivity index (χ3v) is 2.12. The van der Waals surface area contributed by atoms with E-state index in [2.05, 4.69) is 0 Å². The minimum atomic E-state index is -2.67. The molecule has 16 heavy (non-hydrogen) atoms. The Labute approximate surface area is 102 Å². The van der Waals surface area contributed by atoms with E-state index in [9.17, 15) is 24.0 Å². The van der Waals surface area contributed by atoms with Gasteiger partial charge in [-0.25, -0.2) is 4.79 Å².